The van der Waals surface area contributed by atoms with Crippen LogP contribution in [0.3, 0.4) is 0 Å². The largest absolute Gasteiger partial charge is 0.434 e. The summed E-state index contributed by atoms with van der Waals surface area (Å²) in [6.45, 7) is 2.72. The number of nitrogens with one attached hydrogen (secondary N) is 2. The van der Waals surface area contributed by atoms with Crippen molar-refractivity contribution in [1.82, 2.24) is 20.4 Å². The number of carbonyl (C=O) groups excluding carboxylic acids is 2. The molecule has 1 aromatic heterocycles. The van der Waals surface area contributed by atoms with Crippen molar-refractivity contribution in [1.29, 1.82) is 0 Å². The van der Waals surface area contributed by atoms with Crippen LogP contribution in [0.2, 0.25) is 0 Å². The van der Waals surface area contributed by atoms with Crippen LogP contribution in [0.5, 0.6) is 0 Å². The molecule has 0 radical (unpaired) electrons. The first-order valence-corrected chi connectivity index (χ1v) is 8.26. The third kappa shape index (κ3) is 3.70. The van der Waals surface area contributed by atoms with Crippen LogP contribution < -0.4 is 10.6 Å². The van der Waals surface area contributed by atoms with E-state index in [1.165, 1.54) is 44.3 Å². The fourth-order valence-electron chi connectivity index (χ4n) is 2.76. The summed E-state index contributed by atoms with van der Waals surface area (Å²) in [5.74, 6) is -0.638. The van der Waals surface area contributed by atoms with Gasteiger partial charge in [0.25, 0.3) is 5.91 Å². The number of aromatic nitrogens is 2. The van der Waals surface area contributed by atoms with E-state index in [9.17, 15) is 27.2 Å². The van der Waals surface area contributed by atoms with Crippen LogP contribution in [0, 0.1) is 0 Å². The summed E-state index contributed by atoms with van der Waals surface area (Å²) in [5.41, 5.74) is -1.46. The van der Waals surface area contributed by atoms with Gasteiger partial charge in [0.05, 0.1) is 17.4 Å². The molecule has 2 heterocycles. The standard InChI is InChI=1S/C19H14F4N4O2/c1-10(2)17(20)26-18(29)13-8-25-27(16(13)19(21,22)23)15-5-3-4-11-12(15)6-7-24-14(11)9-28/h3-8,24H,1-2H3,(H,26,29). The van der Waals surface area contributed by atoms with Crippen LogP contribution in [0.15, 0.2) is 42.1 Å². The number of rotatable bonds is 3. The summed E-state index contributed by atoms with van der Waals surface area (Å²) < 4.78 is 55.7. The fourth-order valence-corrected chi connectivity index (χ4v) is 2.76. The molecule has 0 bridgehead atoms. The smallest absolute Gasteiger partial charge is 0.352 e. The number of benzene rings is 1. The molecular weight excluding hydrogens is 392 g/mol. The fraction of sp³-hybridized carbons (Fsp3) is 0.158. The number of allylic oxidation sites excluding steroid dienone is 1. The maximum Gasteiger partial charge on any atom is 0.434 e. The van der Waals surface area contributed by atoms with Gasteiger partial charge in [0.2, 0.25) is 0 Å². The lowest BCUT2D eigenvalue weighted by Gasteiger charge is -2.19. The van der Waals surface area contributed by atoms with E-state index < -0.39 is 29.3 Å². The molecule has 6 nitrogen and oxygen atoms in total. The lowest BCUT2D eigenvalue weighted by Crippen LogP contribution is -2.25. The van der Waals surface area contributed by atoms with Gasteiger partial charge >= 0.3 is 6.18 Å². The molecule has 3 rings (SSSR count). The van der Waals surface area contributed by atoms with Crippen LogP contribution in [0.25, 0.3) is 17.5 Å². The highest BCUT2D eigenvalue weighted by molar-refractivity contribution is 5.97. The zero-order valence-electron chi connectivity index (χ0n) is 15.2. The lowest BCUT2D eigenvalue weighted by molar-refractivity contribution is -0.143. The lowest BCUT2D eigenvalue weighted by atomic mass is 10.0. The third-order valence-corrected chi connectivity index (χ3v) is 4.10. The first-order valence-electron chi connectivity index (χ1n) is 8.26. The van der Waals surface area contributed by atoms with Gasteiger partial charge in [0.1, 0.15) is 5.70 Å². The zero-order valence-corrected chi connectivity index (χ0v) is 15.2. The van der Waals surface area contributed by atoms with Crippen molar-refractivity contribution in [3.05, 3.63) is 64.5 Å². The number of carbonyl (C=O) groups is 1. The van der Waals surface area contributed by atoms with Crippen molar-refractivity contribution in [3.63, 3.8) is 0 Å². The molecule has 0 aliphatic carbocycles. The molecule has 0 saturated heterocycles. The Morgan fingerprint density at radius 1 is 1.28 bits per heavy atom. The average molecular weight is 406 g/mol. The van der Waals surface area contributed by atoms with Gasteiger partial charge < -0.3 is 5.32 Å². The molecule has 1 aliphatic rings. The Kier molecular flexibility index (Phi) is 5.13. The van der Waals surface area contributed by atoms with E-state index in [0.29, 0.717) is 10.2 Å². The van der Waals surface area contributed by atoms with Gasteiger partial charge in [-0.15, -0.1) is 0 Å². The number of fused-ring (bicyclic) bond motifs is 1. The monoisotopic (exact) mass is 406 g/mol. The summed E-state index contributed by atoms with van der Waals surface area (Å²) in [7, 11) is 0. The molecule has 29 heavy (non-hydrogen) atoms. The molecule has 1 aromatic carbocycles. The normalized spacial score (nSPS) is 12.7. The maximum absolute atomic E-state index is 13.8. The first-order chi connectivity index (χ1) is 13.6. The number of nitrogens with zero attached hydrogens (tertiary/aromatic N) is 2. The molecule has 2 N–H and O–H groups in total. The summed E-state index contributed by atoms with van der Waals surface area (Å²) in [6.07, 6.45) is -1.40. The van der Waals surface area contributed by atoms with Crippen molar-refractivity contribution < 1.29 is 27.2 Å². The Bertz CT molecular complexity index is 1100. The number of hydrogen-bond acceptors (Lipinski definition) is 4. The molecule has 10 heteroatoms. The van der Waals surface area contributed by atoms with Crippen molar-refractivity contribution >= 4 is 23.6 Å². The molecule has 2 aromatic rings. The SMILES string of the molecule is CC(C)=C(F)NC(=O)c1cnn(-c2cccc3c2C=CNC3=C=O)c1C(F)(F)F. The Labute approximate surface area is 162 Å². The molecule has 150 valence electrons. The molecule has 0 unspecified atom stereocenters. The number of amides is 1. The van der Waals surface area contributed by atoms with E-state index in [0.717, 1.165) is 6.20 Å². The number of halogens is 4. The van der Waals surface area contributed by atoms with E-state index in [2.05, 4.69) is 10.4 Å². The van der Waals surface area contributed by atoms with E-state index in [1.807, 2.05) is 0 Å². The van der Waals surface area contributed by atoms with Gasteiger partial charge in [0.15, 0.2) is 17.6 Å². The second-order valence-corrected chi connectivity index (χ2v) is 6.28. The predicted octanol–water partition coefficient (Wildman–Crippen LogP) is 3.59. The topological polar surface area (TPSA) is 76.0 Å². The van der Waals surface area contributed by atoms with Gasteiger partial charge in [-0.05, 0) is 31.6 Å². The molecule has 0 saturated carbocycles. The van der Waals surface area contributed by atoms with Crippen LogP contribution in [0.4, 0.5) is 17.6 Å². The van der Waals surface area contributed by atoms with Crippen LogP contribution in [-0.2, 0) is 11.0 Å². The molecular formula is C19H14F4N4O2. The van der Waals surface area contributed by atoms with Crippen molar-refractivity contribution in [2.45, 2.75) is 20.0 Å². The van der Waals surface area contributed by atoms with Crippen molar-refractivity contribution in [2.24, 2.45) is 0 Å². The minimum atomic E-state index is -4.96. The zero-order chi connectivity index (χ0) is 21.3. The van der Waals surface area contributed by atoms with Crippen LogP contribution in [0.1, 0.15) is 41.0 Å². The predicted molar refractivity (Wildman–Crippen MR) is 96.8 cm³/mol. The minimum absolute atomic E-state index is 0.0120. The van der Waals surface area contributed by atoms with Gasteiger partial charge in [0, 0.05) is 17.3 Å². The van der Waals surface area contributed by atoms with Gasteiger partial charge in [-0.1, -0.05) is 12.1 Å². The molecule has 0 spiro atoms. The Hall–Kier alpha value is -3.65. The summed E-state index contributed by atoms with van der Waals surface area (Å²) in [6, 6.07) is 4.33. The highest BCUT2D eigenvalue weighted by Gasteiger charge is 2.41. The maximum atomic E-state index is 13.8. The molecule has 0 fully saturated rings. The quantitative estimate of drug-likeness (QED) is 0.464. The number of hydrogen-bond donors (Lipinski definition) is 2. The summed E-state index contributed by atoms with van der Waals surface area (Å²) in [5, 5.41) is 8.17. The molecule has 1 amide bonds. The minimum Gasteiger partial charge on any atom is -0.352 e. The van der Waals surface area contributed by atoms with Crippen molar-refractivity contribution in [2.75, 3.05) is 0 Å². The van der Waals surface area contributed by atoms with Gasteiger partial charge in [-0.3, -0.25) is 10.1 Å². The van der Waals surface area contributed by atoms with Crippen LogP contribution in [-0.4, -0.2) is 21.6 Å². The van der Waals surface area contributed by atoms with Gasteiger partial charge in [-0.2, -0.15) is 22.7 Å². The van der Waals surface area contributed by atoms with Crippen molar-refractivity contribution in [3.8, 4) is 5.69 Å². The summed E-state index contributed by atoms with van der Waals surface area (Å²) in [4.78, 5) is 23.3. The highest BCUT2D eigenvalue weighted by Crippen LogP contribution is 2.36. The van der Waals surface area contributed by atoms with E-state index in [1.54, 1.807) is 11.3 Å². The van der Waals surface area contributed by atoms with E-state index in [-0.39, 0.29) is 22.5 Å². The van der Waals surface area contributed by atoms with Crippen LogP contribution >= 0.6 is 0 Å². The average Bonchev–Trinajstić information content (AvgIpc) is 3.12. The summed E-state index contributed by atoms with van der Waals surface area (Å²) >= 11 is 0. The molecule has 1 aliphatic heterocycles. The first kappa shape index (κ1) is 20.1. The highest BCUT2D eigenvalue weighted by atomic mass is 19.4. The molecule has 0 atom stereocenters. The van der Waals surface area contributed by atoms with E-state index >= 15 is 0 Å². The third-order valence-electron chi connectivity index (χ3n) is 4.10. The Morgan fingerprint density at radius 2 is 2.00 bits per heavy atom. The van der Waals surface area contributed by atoms with Gasteiger partial charge in [-0.25, -0.2) is 9.48 Å². The Morgan fingerprint density at radius 3 is 2.62 bits per heavy atom. The van der Waals surface area contributed by atoms with E-state index in [4.69, 9.17) is 0 Å². The number of alkyl halides is 3. The second-order valence-electron chi connectivity index (χ2n) is 6.28. The Balaban J connectivity index is 2.20. The second kappa shape index (κ2) is 7.40.